The van der Waals surface area contributed by atoms with Crippen molar-refractivity contribution < 1.29 is 19.5 Å². The molecule has 0 saturated heterocycles. The fourth-order valence-corrected chi connectivity index (χ4v) is 0.373. The SMILES string of the molecule is CCC(=O)COC(=NO)OC. The minimum absolute atomic E-state index is 0.0804. The molecule has 0 spiro atoms. The van der Waals surface area contributed by atoms with Gasteiger partial charge in [0.2, 0.25) is 0 Å². The highest BCUT2D eigenvalue weighted by molar-refractivity contribution is 5.81. The molecule has 64 valence electrons. The summed E-state index contributed by atoms with van der Waals surface area (Å²) in [6.45, 7) is 1.60. The molecule has 0 aliphatic rings. The Hall–Kier alpha value is -1.26. The number of ether oxygens (including phenoxy) is 2. The first-order chi connectivity index (χ1) is 5.24. The highest BCUT2D eigenvalue weighted by atomic mass is 16.7. The van der Waals surface area contributed by atoms with Crippen LogP contribution in [0.5, 0.6) is 0 Å². The van der Waals surface area contributed by atoms with Crippen molar-refractivity contribution >= 4 is 11.9 Å². The average Bonchev–Trinajstić information content (AvgIpc) is 2.06. The molecular weight excluding hydrogens is 150 g/mol. The summed E-state index contributed by atoms with van der Waals surface area (Å²) in [5.74, 6) is -0.0804. The van der Waals surface area contributed by atoms with Gasteiger partial charge in [-0.3, -0.25) is 4.79 Å². The lowest BCUT2D eigenvalue weighted by Crippen LogP contribution is -2.14. The first-order valence-electron chi connectivity index (χ1n) is 3.15. The third-order valence-corrected chi connectivity index (χ3v) is 1.01. The molecule has 11 heavy (non-hydrogen) atoms. The molecule has 0 aliphatic heterocycles. The van der Waals surface area contributed by atoms with Crippen molar-refractivity contribution in [3.05, 3.63) is 0 Å². The number of nitrogens with zero attached hydrogens (tertiary/aromatic N) is 1. The molecule has 0 rings (SSSR count). The van der Waals surface area contributed by atoms with Crippen LogP contribution in [0.15, 0.2) is 5.16 Å². The Morgan fingerprint density at radius 1 is 1.64 bits per heavy atom. The van der Waals surface area contributed by atoms with E-state index < -0.39 is 0 Å². The number of oxime groups is 1. The molecule has 0 amide bonds. The third-order valence-electron chi connectivity index (χ3n) is 1.01. The Kier molecular flexibility index (Phi) is 4.89. The van der Waals surface area contributed by atoms with E-state index >= 15 is 0 Å². The maximum absolute atomic E-state index is 10.6. The second-order valence-electron chi connectivity index (χ2n) is 1.75. The number of ketones is 1. The number of rotatable bonds is 3. The van der Waals surface area contributed by atoms with Gasteiger partial charge >= 0.3 is 6.08 Å². The van der Waals surface area contributed by atoms with Crippen LogP contribution in [0.1, 0.15) is 13.3 Å². The molecule has 0 aromatic heterocycles. The van der Waals surface area contributed by atoms with Gasteiger partial charge in [-0.25, -0.2) is 0 Å². The van der Waals surface area contributed by atoms with E-state index in [1.54, 1.807) is 6.92 Å². The van der Waals surface area contributed by atoms with Crippen LogP contribution >= 0.6 is 0 Å². The van der Waals surface area contributed by atoms with E-state index in [1.807, 2.05) is 0 Å². The van der Waals surface area contributed by atoms with Crippen LogP contribution in [0.25, 0.3) is 0 Å². The molecule has 0 radical (unpaired) electrons. The van der Waals surface area contributed by atoms with E-state index in [0.717, 1.165) is 0 Å². The van der Waals surface area contributed by atoms with Crippen LogP contribution in [-0.2, 0) is 14.3 Å². The van der Waals surface area contributed by atoms with Crippen molar-refractivity contribution in [2.45, 2.75) is 13.3 Å². The van der Waals surface area contributed by atoms with E-state index in [1.165, 1.54) is 7.11 Å². The van der Waals surface area contributed by atoms with Crippen LogP contribution in [0.3, 0.4) is 0 Å². The van der Waals surface area contributed by atoms with Crippen LogP contribution in [0, 0.1) is 0 Å². The predicted octanol–water partition coefficient (Wildman–Crippen LogP) is 0.374. The van der Waals surface area contributed by atoms with Crippen LogP contribution in [-0.4, -0.2) is 30.8 Å². The molecule has 1 N–H and O–H groups in total. The summed E-state index contributed by atoms with van der Waals surface area (Å²) in [5.41, 5.74) is 0. The van der Waals surface area contributed by atoms with Gasteiger partial charge in [-0.1, -0.05) is 6.92 Å². The molecule has 0 atom stereocenters. The van der Waals surface area contributed by atoms with E-state index in [0.29, 0.717) is 6.42 Å². The number of hydrogen-bond donors (Lipinski definition) is 1. The molecule has 0 bridgehead atoms. The van der Waals surface area contributed by atoms with Crippen molar-refractivity contribution in [1.29, 1.82) is 0 Å². The molecule has 0 fully saturated rings. The molecule has 5 nitrogen and oxygen atoms in total. The topological polar surface area (TPSA) is 68.1 Å². The van der Waals surface area contributed by atoms with Gasteiger partial charge in [-0.05, 0) is 5.16 Å². The summed E-state index contributed by atoms with van der Waals surface area (Å²) in [5, 5.41) is 10.8. The summed E-state index contributed by atoms with van der Waals surface area (Å²) in [7, 11) is 1.28. The van der Waals surface area contributed by atoms with Gasteiger partial charge in [0.1, 0.15) is 0 Å². The smallest absolute Gasteiger partial charge is 0.422 e. The Morgan fingerprint density at radius 3 is 2.64 bits per heavy atom. The normalized spacial score (nSPS) is 10.9. The van der Waals surface area contributed by atoms with Gasteiger partial charge in [-0.2, -0.15) is 0 Å². The quantitative estimate of drug-likeness (QED) is 0.281. The van der Waals surface area contributed by atoms with Crippen molar-refractivity contribution in [2.24, 2.45) is 5.16 Å². The van der Waals surface area contributed by atoms with Crippen LogP contribution in [0.2, 0.25) is 0 Å². The Labute approximate surface area is 64.6 Å². The lowest BCUT2D eigenvalue weighted by Gasteiger charge is -2.02. The number of carbonyl (C=O) groups excluding carboxylic acids is 1. The number of Topliss-reactive ketones (excluding diaryl/α,β-unsaturated/α-hetero) is 1. The first kappa shape index (κ1) is 9.74. The van der Waals surface area contributed by atoms with Crippen molar-refractivity contribution in [1.82, 2.24) is 0 Å². The monoisotopic (exact) mass is 161 g/mol. The maximum Gasteiger partial charge on any atom is 0.422 e. The number of hydrogen-bond acceptors (Lipinski definition) is 5. The summed E-state index contributed by atoms with van der Waals surface area (Å²) < 4.78 is 9.04. The Morgan fingerprint density at radius 2 is 2.27 bits per heavy atom. The zero-order valence-corrected chi connectivity index (χ0v) is 6.53. The minimum atomic E-state index is -0.299. The molecule has 0 saturated carbocycles. The number of carbonyl (C=O) groups is 1. The summed E-state index contributed by atoms with van der Waals surface area (Å²) in [6.07, 6.45) is 0.0920. The minimum Gasteiger partial charge on any atom is -0.452 e. The molecule has 0 aromatic carbocycles. The highest BCUT2D eigenvalue weighted by Gasteiger charge is 2.03. The Bertz CT molecular complexity index is 155. The van der Waals surface area contributed by atoms with Gasteiger partial charge in [0, 0.05) is 6.42 Å². The van der Waals surface area contributed by atoms with Crippen LogP contribution in [0.4, 0.5) is 0 Å². The van der Waals surface area contributed by atoms with Gasteiger partial charge in [0.15, 0.2) is 12.4 Å². The van der Waals surface area contributed by atoms with Crippen molar-refractivity contribution in [3.63, 3.8) is 0 Å². The molecule has 0 aliphatic carbocycles. The predicted molar refractivity (Wildman–Crippen MR) is 37.5 cm³/mol. The highest BCUT2D eigenvalue weighted by Crippen LogP contribution is 1.86. The molecule has 0 unspecified atom stereocenters. The standard InChI is InChI=1S/C6H11NO4/c1-3-5(8)4-11-6(7-9)10-2/h9H,3-4H2,1-2H3. The van der Waals surface area contributed by atoms with Crippen LogP contribution < -0.4 is 0 Å². The first-order valence-corrected chi connectivity index (χ1v) is 3.15. The summed E-state index contributed by atoms with van der Waals surface area (Å²) in [6, 6.07) is 0. The maximum atomic E-state index is 10.6. The second kappa shape index (κ2) is 5.52. The zero-order valence-electron chi connectivity index (χ0n) is 6.53. The number of methoxy groups -OCH3 is 1. The van der Waals surface area contributed by atoms with Gasteiger partial charge < -0.3 is 14.7 Å². The van der Waals surface area contributed by atoms with E-state index in [4.69, 9.17) is 5.21 Å². The molecular formula is C6H11NO4. The summed E-state index contributed by atoms with van der Waals surface area (Å²) in [4.78, 5) is 10.6. The van der Waals surface area contributed by atoms with E-state index in [-0.39, 0.29) is 18.5 Å². The fourth-order valence-electron chi connectivity index (χ4n) is 0.373. The zero-order chi connectivity index (χ0) is 8.69. The average molecular weight is 161 g/mol. The lowest BCUT2D eigenvalue weighted by atomic mass is 10.3. The molecule has 0 heterocycles. The van der Waals surface area contributed by atoms with Gasteiger partial charge in [0.25, 0.3) is 0 Å². The molecule has 5 heteroatoms. The molecule has 0 aromatic rings. The van der Waals surface area contributed by atoms with E-state index in [9.17, 15) is 4.79 Å². The van der Waals surface area contributed by atoms with Gasteiger partial charge in [0.05, 0.1) is 7.11 Å². The van der Waals surface area contributed by atoms with E-state index in [2.05, 4.69) is 14.6 Å². The second-order valence-corrected chi connectivity index (χ2v) is 1.75. The third kappa shape index (κ3) is 4.19. The van der Waals surface area contributed by atoms with Crippen molar-refractivity contribution in [2.75, 3.05) is 13.7 Å². The Balaban J connectivity index is 3.60. The fraction of sp³-hybridized carbons (Fsp3) is 0.667. The summed E-state index contributed by atoms with van der Waals surface area (Å²) >= 11 is 0. The van der Waals surface area contributed by atoms with Crippen molar-refractivity contribution in [3.8, 4) is 0 Å². The van der Waals surface area contributed by atoms with Gasteiger partial charge in [-0.15, -0.1) is 0 Å². The largest absolute Gasteiger partial charge is 0.452 e. The lowest BCUT2D eigenvalue weighted by molar-refractivity contribution is -0.121.